The summed E-state index contributed by atoms with van der Waals surface area (Å²) in [5.41, 5.74) is 6.24. The first-order valence-electron chi connectivity index (χ1n) is 5.28. The first kappa shape index (κ1) is 13.3. The summed E-state index contributed by atoms with van der Waals surface area (Å²) in [6, 6.07) is 1.81. The first-order chi connectivity index (χ1) is 7.45. The molecule has 1 aromatic rings. The molecule has 0 aromatic carbocycles. The maximum absolute atomic E-state index is 11.9. The Labute approximate surface area is 104 Å². The monoisotopic (exact) mass is 287 g/mol. The average molecular weight is 288 g/mol. The summed E-state index contributed by atoms with van der Waals surface area (Å²) >= 11 is 3.34. The molecule has 1 aromatic heterocycles. The van der Waals surface area contributed by atoms with Gasteiger partial charge in [-0.1, -0.05) is 13.8 Å². The van der Waals surface area contributed by atoms with Crippen LogP contribution in [0.25, 0.3) is 0 Å². The number of nitrogens with zero attached hydrogens (tertiary/aromatic N) is 1. The van der Waals surface area contributed by atoms with Crippen LogP contribution in [0.5, 0.6) is 0 Å². The molecule has 0 radical (unpaired) electrons. The lowest BCUT2D eigenvalue weighted by molar-refractivity contribution is 0.0919. The molecule has 0 saturated carbocycles. The Balaban J connectivity index is 2.75. The highest BCUT2D eigenvalue weighted by Gasteiger charge is 2.17. The molecular formula is C11H18BrN3O. The Hall–Kier alpha value is -0.810. The van der Waals surface area contributed by atoms with E-state index in [1.807, 2.05) is 27.1 Å². The molecule has 4 nitrogen and oxygen atoms in total. The van der Waals surface area contributed by atoms with Crippen molar-refractivity contribution in [2.75, 3.05) is 6.54 Å². The van der Waals surface area contributed by atoms with Crippen molar-refractivity contribution < 1.29 is 4.79 Å². The second kappa shape index (κ2) is 5.50. The maximum atomic E-state index is 11.9. The largest absolute Gasteiger partial charge is 0.347 e. The predicted octanol–water partition coefficient (Wildman–Crippen LogP) is 1.50. The molecule has 3 N–H and O–H groups in total. The van der Waals surface area contributed by atoms with Crippen LogP contribution in [0.2, 0.25) is 0 Å². The van der Waals surface area contributed by atoms with Crippen LogP contribution in [0.1, 0.15) is 24.3 Å². The van der Waals surface area contributed by atoms with E-state index in [0.717, 1.165) is 4.47 Å². The van der Waals surface area contributed by atoms with Gasteiger partial charge in [0.25, 0.3) is 5.91 Å². The zero-order valence-electron chi connectivity index (χ0n) is 9.83. The number of amides is 1. The Bertz CT molecular complexity index is 373. The third kappa shape index (κ3) is 3.09. The van der Waals surface area contributed by atoms with Gasteiger partial charge in [0, 0.05) is 30.3 Å². The lowest BCUT2D eigenvalue weighted by Crippen LogP contribution is -2.44. The van der Waals surface area contributed by atoms with Crippen molar-refractivity contribution in [3.63, 3.8) is 0 Å². The second-order valence-corrected chi connectivity index (χ2v) is 5.13. The van der Waals surface area contributed by atoms with Crippen molar-refractivity contribution in [3.05, 3.63) is 22.4 Å². The highest BCUT2D eigenvalue weighted by molar-refractivity contribution is 9.10. The Morgan fingerprint density at radius 2 is 2.25 bits per heavy atom. The normalized spacial score (nSPS) is 12.9. The van der Waals surface area contributed by atoms with Gasteiger partial charge in [0.2, 0.25) is 0 Å². The second-order valence-electron chi connectivity index (χ2n) is 4.21. The van der Waals surface area contributed by atoms with Crippen LogP contribution in [-0.4, -0.2) is 23.1 Å². The van der Waals surface area contributed by atoms with Gasteiger partial charge < -0.3 is 15.6 Å². The van der Waals surface area contributed by atoms with Crippen LogP contribution in [0.15, 0.2) is 16.7 Å². The number of halogens is 1. The highest BCUT2D eigenvalue weighted by atomic mass is 79.9. The molecule has 1 rings (SSSR count). The summed E-state index contributed by atoms with van der Waals surface area (Å²) in [4.78, 5) is 11.9. The van der Waals surface area contributed by atoms with Gasteiger partial charge in [0.05, 0.1) is 0 Å². The summed E-state index contributed by atoms with van der Waals surface area (Å²) in [6.07, 6.45) is 1.85. The molecular weight excluding hydrogens is 270 g/mol. The van der Waals surface area contributed by atoms with Gasteiger partial charge in [-0.05, 0) is 27.9 Å². The Morgan fingerprint density at radius 1 is 1.62 bits per heavy atom. The molecule has 90 valence electrons. The van der Waals surface area contributed by atoms with Gasteiger partial charge >= 0.3 is 0 Å². The van der Waals surface area contributed by atoms with Crippen molar-refractivity contribution >= 4 is 21.8 Å². The molecule has 5 heteroatoms. The van der Waals surface area contributed by atoms with Gasteiger partial charge in [-0.15, -0.1) is 0 Å². The maximum Gasteiger partial charge on any atom is 0.268 e. The summed E-state index contributed by atoms with van der Waals surface area (Å²) in [6.45, 7) is 4.53. The van der Waals surface area contributed by atoms with Crippen LogP contribution in [-0.2, 0) is 7.05 Å². The average Bonchev–Trinajstić information content (AvgIpc) is 2.53. The topological polar surface area (TPSA) is 60.0 Å². The number of carbonyl (C=O) groups excluding carboxylic acids is 1. The Morgan fingerprint density at radius 3 is 2.62 bits per heavy atom. The summed E-state index contributed by atoms with van der Waals surface area (Å²) in [5, 5.41) is 2.93. The fraction of sp³-hybridized carbons (Fsp3) is 0.545. The van der Waals surface area contributed by atoms with Crippen LogP contribution in [0.3, 0.4) is 0 Å². The van der Waals surface area contributed by atoms with E-state index in [1.165, 1.54) is 0 Å². The molecule has 1 amide bonds. The molecule has 0 spiro atoms. The standard InChI is InChI=1S/C11H18BrN3O/c1-7(2)9(5-13)14-11(16)10-4-8(12)6-15(10)3/h4,6-7,9H,5,13H2,1-3H3,(H,14,16). The highest BCUT2D eigenvalue weighted by Crippen LogP contribution is 2.14. The minimum Gasteiger partial charge on any atom is -0.347 e. The van der Waals surface area contributed by atoms with E-state index in [-0.39, 0.29) is 11.9 Å². The van der Waals surface area contributed by atoms with Crippen molar-refractivity contribution in [1.82, 2.24) is 9.88 Å². The van der Waals surface area contributed by atoms with Crippen molar-refractivity contribution in [2.45, 2.75) is 19.9 Å². The molecule has 1 heterocycles. The van der Waals surface area contributed by atoms with Gasteiger partial charge in [0.1, 0.15) is 5.69 Å². The number of hydrogen-bond acceptors (Lipinski definition) is 2. The fourth-order valence-corrected chi connectivity index (χ4v) is 2.01. The van der Waals surface area contributed by atoms with E-state index in [4.69, 9.17) is 5.73 Å². The summed E-state index contributed by atoms with van der Waals surface area (Å²) < 4.78 is 2.68. The van der Waals surface area contributed by atoms with E-state index < -0.39 is 0 Å². The van der Waals surface area contributed by atoms with Crippen LogP contribution < -0.4 is 11.1 Å². The number of hydrogen-bond donors (Lipinski definition) is 2. The minimum absolute atomic E-state index is 0.0150. The van der Waals surface area contributed by atoms with Gasteiger partial charge in [-0.3, -0.25) is 4.79 Å². The summed E-state index contributed by atoms with van der Waals surface area (Å²) in [5.74, 6) is 0.245. The molecule has 0 aliphatic carbocycles. The molecule has 0 aliphatic heterocycles. The van der Waals surface area contributed by atoms with Gasteiger partial charge in [-0.25, -0.2) is 0 Å². The van der Waals surface area contributed by atoms with Gasteiger partial charge in [0.15, 0.2) is 0 Å². The van der Waals surface area contributed by atoms with Crippen molar-refractivity contribution in [1.29, 1.82) is 0 Å². The van der Waals surface area contributed by atoms with Gasteiger partial charge in [-0.2, -0.15) is 0 Å². The third-order valence-corrected chi connectivity index (χ3v) is 3.01. The molecule has 1 atom stereocenters. The molecule has 1 unspecified atom stereocenters. The summed E-state index contributed by atoms with van der Waals surface area (Å²) in [7, 11) is 1.84. The zero-order valence-corrected chi connectivity index (χ0v) is 11.4. The molecule has 0 aliphatic rings. The van der Waals surface area contributed by atoms with E-state index in [0.29, 0.717) is 18.2 Å². The lowest BCUT2D eigenvalue weighted by atomic mass is 10.0. The van der Waals surface area contributed by atoms with E-state index in [1.54, 1.807) is 10.6 Å². The van der Waals surface area contributed by atoms with Crippen molar-refractivity contribution in [3.8, 4) is 0 Å². The number of carbonyl (C=O) groups is 1. The van der Waals surface area contributed by atoms with E-state index in [2.05, 4.69) is 21.2 Å². The molecule has 0 bridgehead atoms. The number of nitrogens with one attached hydrogen (secondary N) is 1. The number of nitrogens with two attached hydrogens (primary N) is 1. The van der Waals surface area contributed by atoms with Crippen molar-refractivity contribution in [2.24, 2.45) is 18.7 Å². The number of aryl methyl sites for hydroxylation is 1. The van der Waals surface area contributed by atoms with Crippen LogP contribution in [0.4, 0.5) is 0 Å². The number of aromatic nitrogens is 1. The minimum atomic E-state index is -0.0858. The first-order valence-corrected chi connectivity index (χ1v) is 6.07. The van der Waals surface area contributed by atoms with E-state index in [9.17, 15) is 4.79 Å². The third-order valence-electron chi connectivity index (χ3n) is 2.58. The van der Waals surface area contributed by atoms with Crippen LogP contribution in [0, 0.1) is 5.92 Å². The quantitative estimate of drug-likeness (QED) is 0.882. The smallest absolute Gasteiger partial charge is 0.268 e. The van der Waals surface area contributed by atoms with E-state index >= 15 is 0 Å². The molecule has 0 fully saturated rings. The Kier molecular flexibility index (Phi) is 4.56. The predicted molar refractivity (Wildman–Crippen MR) is 68.3 cm³/mol. The fourth-order valence-electron chi connectivity index (χ4n) is 1.49. The lowest BCUT2D eigenvalue weighted by Gasteiger charge is -2.20. The molecule has 16 heavy (non-hydrogen) atoms. The van der Waals surface area contributed by atoms with Crippen LogP contribution >= 0.6 is 15.9 Å². The SMILES string of the molecule is CC(C)C(CN)NC(=O)c1cc(Br)cn1C. The molecule has 0 saturated heterocycles. The zero-order chi connectivity index (χ0) is 12.3. The number of rotatable bonds is 4.